The predicted octanol–water partition coefficient (Wildman–Crippen LogP) is 2.86. The van der Waals surface area contributed by atoms with Crippen LogP contribution in [0.4, 0.5) is 10.5 Å². The fourth-order valence-electron chi connectivity index (χ4n) is 3.09. The molecule has 0 bridgehead atoms. The van der Waals surface area contributed by atoms with Gasteiger partial charge in [0.15, 0.2) is 5.78 Å². The summed E-state index contributed by atoms with van der Waals surface area (Å²) in [6, 6.07) is 14.7. The van der Waals surface area contributed by atoms with Gasteiger partial charge in [-0.05, 0) is 44.0 Å². The quantitative estimate of drug-likeness (QED) is 0.753. The second-order valence-electron chi connectivity index (χ2n) is 6.76. The highest BCUT2D eigenvalue weighted by atomic mass is 32.2. The van der Waals surface area contributed by atoms with Crippen LogP contribution in [-0.4, -0.2) is 44.3 Å². The van der Waals surface area contributed by atoms with Crippen LogP contribution in [0.3, 0.4) is 0 Å². The molecule has 2 N–H and O–H groups in total. The van der Waals surface area contributed by atoms with Gasteiger partial charge in [-0.25, -0.2) is 17.9 Å². The van der Waals surface area contributed by atoms with E-state index in [9.17, 15) is 18.0 Å². The van der Waals surface area contributed by atoms with Crippen molar-refractivity contribution in [3.63, 3.8) is 0 Å². The molecule has 1 aliphatic heterocycles. The molecule has 0 radical (unpaired) electrons. The number of hydrogen-bond acceptors (Lipinski definition) is 4. The molecule has 0 atom stereocenters. The number of carbonyl (C=O) groups is 2. The first-order valence-electron chi connectivity index (χ1n) is 9.09. The Morgan fingerprint density at radius 1 is 1.00 bits per heavy atom. The molecule has 148 valence electrons. The first-order valence-corrected chi connectivity index (χ1v) is 10.6. The number of benzene rings is 2. The minimum absolute atomic E-state index is 0.0736. The van der Waals surface area contributed by atoms with Gasteiger partial charge in [0, 0.05) is 30.4 Å². The highest BCUT2D eigenvalue weighted by Crippen LogP contribution is 2.17. The lowest BCUT2D eigenvalue weighted by atomic mass is 10.1. The van der Waals surface area contributed by atoms with E-state index in [0.717, 1.165) is 5.69 Å². The number of carbonyl (C=O) groups excluding carboxylic acids is 2. The van der Waals surface area contributed by atoms with Gasteiger partial charge in [-0.15, -0.1) is 0 Å². The SMILES string of the molecule is CC(=O)c1cccc(S(=O)(=O)NC2CCN(C(=O)Nc3ccccc3)CC2)c1. The molecule has 0 aliphatic carbocycles. The van der Waals surface area contributed by atoms with Gasteiger partial charge in [0.25, 0.3) is 0 Å². The van der Waals surface area contributed by atoms with Gasteiger partial charge >= 0.3 is 6.03 Å². The molecule has 2 amide bonds. The second kappa shape index (κ2) is 8.53. The number of piperidine rings is 1. The first-order chi connectivity index (χ1) is 13.3. The Labute approximate surface area is 164 Å². The number of rotatable bonds is 5. The van der Waals surface area contributed by atoms with Crippen molar-refractivity contribution in [2.45, 2.75) is 30.7 Å². The number of Topliss-reactive ketones (excluding diaryl/α,β-unsaturated/α-hetero) is 1. The van der Waals surface area contributed by atoms with Gasteiger partial charge in [0.1, 0.15) is 0 Å². The summed E-state index contributed by atoms with van der Waals surface area (Å²) >= 11 is 0. The number of likely N-dealkylation sites (tertiary alicyclic amines) is 1. The zero-order valence-electron chi connectivity index (χ0n) is 15.6. The van der Waals surface area contributed by atoms with Gasteiger partial charge in [-0.3, -0.25) is 4.79 Å². The normalized spacial score (nSPS) is 15.2. The van der Waals surface area contributed by atoms with Gasteiger partial charge in [0.05, 0.1) is 4.90 Å². The molecule has 1 fully saturated rings. The molecule has 0 aromatic heterocycles. The number of sulfonamides is 1. The molecule has 3 rings (SSSR count). The highest BCUT2D eigenvalue weighted by Gasteiger charge is 2.27. The zero-order chi connectivity index (χ0) is 20.1. The van der Waals surface area contributed by atoms with Crippen molar-refractivity contribution in [2.24, 2.45) is 0 Å². The molecule has 7 nitrogen and oxygen atoms in total. The Balaban J connectivity index is 1.57. The molecular formula is C20H23N3O4S. The number of anilines is 1. The number of hydrogen-bond donors (Lipinski definition) is 2. The van der Waals surface area contributed by atoms with Gasteiger partial charge in [0.2, 0.25) is 10.0 Å². The third kappa shape index (κ3) is 4.96. The maximum atomic E-state index is 12.6. The smallest absolute Gasteiger partial charge is 0.321 e. The van der Waals surface area contributed by atoms with Gasteiger partial charge in [-0.1, -0.05) is 30.3 Å². The first kappa shape index (κ1) is 20.0. The monoisotopic (exact) mass is 401 g/mol. The van der Waals surface area contributed by atoms with E-state index in [-0.39, 0.29) is 22.8 Å². The molecule has 1 heterocycles. The van der Waals surface area contributed by atoms with Crippen LogP contribution < -0.4 is 10.0 Å². The third-order valence-electron chi connectivity index (χ3n) is 4.68. The average molecular weight is 401 g/mol. The fourth-order valence-corrected chi connectivity index (χ4v) is 4.44. The lowest BCUT2D eigenvalue weighted by Gasteiger charge is -2.32. The number of para-hydroxylation sites is 1. The number of ketones is 1. The van der Waals surface area contributed by atoms with E-state index in [4.69, 9.17) is 0 Å². The van der Waals surface area contributed by atoms with Crippen molar-refractivity contribution >= 4 is 27.5 Å². The number of amides is 2. The van der Waals surface area contributed by atoms with E-state index in [1.165, 1.54) is 19.1 Å². The Hall–Kier alpha value is -2.71. The molecule has 2 aromatic rings. The van der Waals surface area contributed by atoms with E-state index >= 15 is 0 Å². The molecular weight excluding hydrogens is 378 g/mol. The Morgan fingerprint density at radius 3 is 2.32 bits per heavy atom. The standard InChI is InChI=1S/C20H23N3O4S/c1-15(24)16-6-5-9-19(14-16)28(26,27)22-18-10-12-23(13-11-18)20(25)21-17-7-3-2-4-8-17/h2-9,14,18,22H,10-13H2,1H3,(H,21,25). The van der Waals surface area contributed by atoms with Crippen LogP contribution in [0, 0.1) is 0 Å². The largest absolute Gasteiger partial charge is 0.324 e. The molecule has 0 spiro atoms. The lowest BCUT2D eigenvalue weighted by Crippen LogP contribution is -2.47. The molecule has 8 heteroatoms. The topological polar surface area (TPSA) is 95.6 Å². The average Bonchev–Trinajstić information content (AvgIpc) is 2.69. The summed E-state index contributed by atoms with van der Waals surface area (Å²) in [5, 5.41) is 2.83. The summed E-state index contributed by atoms with van der Waals surface area (Å²) in [5.41, 5.74) is 1.08. The van der Waals surface area contributed by atoms with E-state index in [1.807, 2.05) is 30.3 Å². The molecule has 1 aliphatic rings. The molecule has 28 heavy (non-hydrogen) atoms. The fraction of sp³-hybridized carbons (Fsp3) is 0.300. The summed E-state index contributed by atoms with van der Waals surface area (Å²) in [7, 11) is -3.72. The Kier molecular flexibility index (Phi) is 6.11. The molecule has 0 unspecified atom stereocenters. The number of nitrogens with zero attached hydrogens (tertiary/aromatic N) is 1. The summed E-state index contributed by atoms with van der Waals surface area (Å²) in [6.45, 7) is 2.31. The molecule has 1 saturated heterocycles. The van der Waals surface area contributed by atoms with Crippen molar-refractivity contribution < 1.29 is 18.0 Å². The summed E-state index contributed by atoms with van der Waals surface area (Å²) < 4.78 is 27.9. The Morgan fingerprint density at radius 2 is 1.68 bits per heavy atom. The van der Waals surface area contributed by atoms with E-state index in [2.05, 4.69) is 10.0 Å². The number of urea groups is 1. The maximum Gasteiger partial charge on any atom is 0.321 e. The van der Waals surface area contributed by atoms with Crippen LogP contribution in [0.15, 0.2) is 59.5 Å². The third-order valence-corrected chi connectivity index (χ3v) is 6.20. The van der Waals surface area contributed by atoms with E-state index < -0.39 is 10.0 Å². The van der Waals surface area contributed by atoms with Crippen molar-refractivity contribution in [2.75, 3.05) is 18.4 Å². The minimum atomic E-state index is -3.72. The summed E-state index contributed by atoms with van der Waals surface area (Å²) in [6.07, 6.45) is 1.04. The molecule has 0 saturated carbocycles. The van der Waals surface area contributed by atoms with Crippen molar-refractivity contribution in [1.29, 1.82) is 0 Å². The minimum Gasteiger partial charge on any atom is -0.324 e. The van der Waals surface area contributed by atoms with Crippen molar-refractivity contribution in [3.8, 4) is 0 Å². The van der Waals surface area contributed by atoms with Crippen LogP contribution >= 0.6 is 0 Å². The van der Waals surface area contributed by atoms with Crippen LogP contribution in [0.5, 0.6) is 0 Å². The van der Waals surface area contributed by atoms with Gasteiger partial charge in [-0.2, -0.15) is 0 Å². The van der Waals surface area contributed by atoms with Crippen molar-refractivity contribution in [3.05, 3.63) is 60.2 Å². The maximum absolute atomic E-state index is 12.6. The lowest BCUT2D eigenvalue weighted by molar-refractivity contribution is 0.101. The summed E-state index contributed by atoms with van der Waals surface area (Å²) in [5.74, 6) is -0.185. The summed E-state index contributed by atoms with van der Waals surface area (Å²) in [4.78, 5) is 25.6. The zero-order valence-corrected chi connectivity index (χ0v) is 16.4. The van der Waals surface area contributed by atoms with Crippen molar-refractivity contribution in [1.82, 2.24) is 9.62 Å². The Bertz CT molecular complexity index is 952. The number of nitrogens with one attached hydrogen (secondary N) is 2. The highest BCUT2D eigenvalue weighted by molar-refractivity contribution is 7.89. The second-order valence-corrected chi connectivity index (χ2v) is 8.48. The van der Waals surface area contributed by atoms with E-state index in [1.54, 1.807) is 17.0 Å². The molecule has 2 aromatic carbocycles. The van der Waals surface area contributed by atoms with Gasteiger partial charge < -0.3 is 10.2 Å². The predicted molar refractivity (Wildman–Crippen MR) is 107 cm³/mol. The van der Waals surface area contributed by atoms with Crippen LogP contribution in [-0.2, 0) is 10.0 Å². The van der Waals surface area contributed by atoms with E-state index in [0.29, 0.717) is 31.5 Å². The van der Waals surface area contributed by atoms with Crippen LogP contribution in [0.25, 0.3) is 0 Å². The van der Waals surface area contributed by atoms with Crippen LogP contribution in [0.2, 0.25) is 0 Å². The van der Waals surface area contributed by atoms with Crippen LogP contribution in [0.1, 0.15) is 30.1 Å².